The molecule has 84 valence electrons. The van der Waals surface area contributed by atoms with Crippen molar-refractivity contribution in [2.24, 2.45) is 11.7 Å². The van der Waals surface area contributed by atoms with Crippen LogP contribution in [-0.4, -0.2) is 12.5 Å². The van der Waals surface area contributed by atoms with Crippen LogP contribution in [0.1, 0.15) is 18.2 Å². The Hall–Kier alpha value is -0.390. The molecule has 1 atom stereocenters. The zero-order chi connectivity index (χ0) is 11.3. The summed E-state index contributed by atoms with van der Waals surface area (Å²) in [6.45, 7) is 3.05. The Morgan fingerprint density at radius 2 is 2.47 bits per heavy atom. The van der Waals surface area contributed by atoms with Crippen molar-refractivity contribution in [1.29, 1.82) is 0 Å². The lowest BCUT2D eigenvalue weighted by molar-refractivity contribution is -0.124. The molecule has 0 aliphatic carbocycles. The topological polar surface area (TPSA) is 55.1 Å². The molecule has 0 aromatic carbocycles. The molecule has 1 aromatic heterocycles. The number of carbonyl (C=O) groups excluding carboxylic acids is 1. The molecule has 0 spiro atoms. The van der Waals surface area contributed by atoms with Crippen LogP contribution in [-0.2, 0) is 11.3 Å². The van der Waals surface area contributed by atoms with E-state index in [0.717, 1.165) is 15.8 Å². The summed E-state index contributed by atoms with van der Waals surface area (Å²) in [5, 5.41) is 4.90. The first-order valence-corrected chi connectivity index (χ1v) is 6.51. The second-order valence-electron chi connectivity index (χ2n) is 3.43. The van der Waals surface area contributed by atoms with Gasteiger partial charge in [0, 0.05) is 20.6 Å². The van der Waals surface area contributed by atoms with Crippen molar-refractivity contribution in [2.45, 2.75) is 19.9 Å². The first kappa shape index (κ1) is 12.7. The SMILES string of the molecule is CC(CCN)C(=O)NCc1cc(Br)cs1. The quantitative estimate of drug-likeness (QED) is 0.873. The van der Waals surface area contributed by atoms with Crippen molar-refractivity contribution in [1.82, 2.24) is 5.32 Å². The first-order chi connectivity index (χ1) is 7.13. The van der Waals surface area contributed by atoms with Gasteiger partial charge in [-0.15, -0.1) is 11.3 Å². The van der Waals surface area contributed by atoms with Gasteiger partial charge in [-0.25, -0.2) is 0 Å². The number of carbonyl (C=O) groups is 1. The maximum Gasteiger partial charge on any atom is 0.223 e. The predicted octanol–water partition coefficient (Wildman–Crippen LogP) is 2.11. The number of thiophene rings is 1. The van der Waals surface area contributed by atoms with Crippen LogP contribution < -0.4 is 11.1 Å². The molecular weight excluding hydrogens is 276 g/mol. The summed E-state index contributed by atoms with van der Waals surface area (Å²) in [4.78, 5) is 12.7. The summed E-state index contributed by atoms with van der Waals surface area (Å²) in [6.07, 6.45) is 0.736. The van der Waals surface area contributed by atoms with Crippen molar-refractivity contribution in [3.8, 4) is 0 Å². The average molecular weight is 291 g/mol. The van der Waals surface area contributed by atoms with Crippen LogP contribution in [0, 0.1) is 5.92 Å². The molecule has 0 aliphatic rings. The van der Waals surface area contributed by atoms with Crippen molar-refractivity contribution >= 4 is 33.2 Å². The molecule has 0 saturated heterocycles. The lowest BCUT2D eigenvalue weighted by Gasteiger charge is -2.09. The third kappa shape index (κ3) is 4.32. The van der Waals surface area contributed by atoms with E-state index in [1.54, 1.807) is 11.3 Å². The van der Waals surface area contributed by atoms with E-state index in [0.29, 0.717) is 13.1 Å². The Balaban J connectivity index is 2.34. The Morgan fingerprint density at radius 1 is 1.73 bits per heavy atom. The van der Waals surface area contributed by atoms with Crippen molar-refractivity contribution in [2.75, 3.05) is 6.54 Å². The zero-order valence-corrected chi connectivity index (χ0v) is 11.0. The second kappa shape index (κ2) is 6.25. The Bertz CT molecular complexity index is 327. The van der Waals surface area contributed by atoms with Gasteiger partial charge in [-0.05, 0) is 35.0 Å². The molecule has 1 amide bonds. The summed E-state index contributed by atoms with van der Waals surface area (Å²) in [5.41, 5.74) is 5.39. The van der Waals surface area contributed by atoms with E-state index in [4.69, 9.17) is 5.73 Å². The van der Waals surface area contributed by atoms with Crippen molar-refractivity contribution in [3.05, 3.63) is 20.8 Å². The molecular formula is C10H15BrN2OS. The number of rotatable bonds is 5. The first-order valence-electron chi connectivity index (χ1n) is 4.84. The minimum Gasteiger partial charge on any atom is -0.351 e. The van der Waals surface area contributed by atoms with Crippen LogP contribution in [0.3, 0.4) is 0 Å². The van der Waals surface area contributed by atoms with Gasteiger partial charge in [-0.3, -0.25) is 4.79 Å². The maximum absolute atomic E-state index is 11.5. The van der Waals surface area contributed by atoms with Gasteiger partial charge in [-0.1, -0.05) is 6.92 Å². The van der Waals surface area contributed by atoms with Gasteiger partial charge in [0.2, 0.25) is 5.91 Å². The number of halogens is 1. The van der Waals surface area contributed by atoms with E-state index in [-0.39, 0.29) is 11.8 Å². The normalized spacial score (nSPS) is 12.5. The van der Waals surface area contributed by atoms with Gasteiger partial charge in [0.05, 0.1) is 6.54 Å². The van der Waals surface area contributed by atoms with Crippen molar-refractivity contribution in [3.63, 3.8) is 0 Å². The summed E-state index contributed by atoms with van der Waals surface area (Å²) in [5.74, 6) is 0.0726. The van der Waals surface area contributed by atoms with Crippen LogP contribution in [0.4, 0.5) is 0 Å². The molecule has 0 bridgehead atoms. The summed E-state index contributed by atoms with van der Waals surface area (Å²) >= 11 is 5.00. The van der Waals surface area contributed by atoms with Crippen LogP contribution >= 0.6 is 27.3 Å². The highest BCUT2D eigenvalue weighted by molar-refractivity contribution is 9.10. The van der Waals surface area contributed by atoms with Gasteiger partial charge in [0.15, 0.2) is 0 Å². The molecule has 15 heavy (non-hydrogen) atoms. The highest BCUT2D eigenvalue weighted by atomic mass is 79.9. The monoisotopic (exact) mass is 290 g/mol. The highest BCUT2D eigenvalue weighted by Crippen LogP contribution is 2.19. The molecule has 1 aromatic rings. The highest BCUT2D eigenvalue weighted by Gasteiger charge is 2.11. The van der Waals surface area contributed by atoms with Crippen LogP contribution in [0.15, 0.2) is 15.9 Å². The smallest absolute Gasteiger partial charge is 0.223 e. The lowest BCUT2D eigenvalue weighted by atomic mass is 10.1. The Morgan fingerprint density at radius 3 is 3.00 bits per heavy atom. The number of hydrogen-bond donors (Lipinski definition) is 2. The fourth-order valence-corrected chi connectivity index (χ4v) is 2.57. The molecule has 3 N–H and O–H groups in total. The summed E-state index contributed by atoms with van der Waals surface area (Å²) < 4.78 is 1.06. The molecule has 0 saturated carbocycles. The number of nitrogens with one attached hydrogen (secondary N) is 1. The minimum absolute atomic E-state index is 0.00148. The van der Waals surface area contributed by atoms with Crippen LogP contribution in [0.2, 0.25) is 0 Å². The fraction of sp³-hybridized carbons (Fsp3) is 0.500. The van der Waals surface area contributed by atoms with E-state index < -0.39 is 0 Å². The second-order valence-corrected chi connectivity index (χ2v) is 5.34. The molecule has 0 fully saturated rings. The number of nitrogens with two attached hydrogens (primary N) is 1. The lowest BCUT2D eigenvalue weighted by Crippen LogP contribution is -2.29. The molecule has 5 heteroatoms. The third-order valence-electron chi connectivity index (χ3n) is 2.11. The van der Waals surface area contributed by atoms with Gasteiger partial charge in [0.25, 0.3) is 0 Å². The molecule has 1 heterocycles. The molecule has 0 radical (unpaired) electrons. The van der Waals surface area contributed by atoms with E-state index >= 15 is 0 Å². The summed E-state index contributed by atoms with van der Waals surface area (Å²) in [7, 11) is 0. The van der Waals surface area contributed by atoms with E-state index in [9.17, 15) is 4.79 Å². The van der Waals surface area contributed by atoms with Gasteiger partial charge in [-0.2, -0.15) is 0 Å². The maximum atomic E-state index is 11.5. The van der Waals surface area contributed by atoms with Gasteiger partial charge in [0.1, 0.15) is 0 Å². The van der Waals surface area contributed by atoms with Crippen LogP contribution in [0.25, 0.3) is 0 Å². The molecule has 3 nitrogen and oxygen atoms in total. The van der Waals surface area contributed by atoms with Crippen LogP contribution in [0.5, 0.6) is 0 Å². The number of hydrogen-bond acceptors (Lipinski definition) is 3. The van der Waals surface area contributed by atoms with E-state index in [1.165, 1.54) is 0 Å². The van der Waals surface area contributed by atoms with Gasteiger partial charge < -0.3 is 11.1 Å². The fourth-order valence-electron chi connectivity index (χ4n) is 1.18. The average Bonchev–Trinajstić information content (AvgIpc) is 2.61. The van der Waals surface area contributed by atoms with Crippen molar-refractivity contribution < 1.29 is 4.79 Å². The zero-order valence-electron chi connectivity index (χ0n) is 8.63. The molecule has 1 unspecified atom stereocenters. The van der Waals surface area contributed by atoms with E-state index in [2.05, 4.69) is 21.2 Å². The third-order valence-corrected chi connectivity index (χ3v) is 3.80. The molecule has 1 rings (SSSR count). The largest absolute Gasteiger partial charge is 0.351 e. The van der Waals surface area contributed by atoms with E-state index in [1.807, 2.05) is 18.4 Å². The summed E-state index contributed by atoms with van der Waals surface area (Å²) in [6, 6.07) is 2.01. The standard InChI is InChI=1S/C10H15BrN2OS/c1-7(2-3-12)10(14)13-5-9-4-8(11)6-15-9/h4,6-7H,2-3,5,12H2,1H3,(H,13,14). The van der Waals surface area contributed by atoms with Gasteiger partial charge >= 0.3 is 0 Å². The Kier molecular flexibility index (Phi) is 5.28. The molecule has 0 aliphatic heterocycles. The Labute approximate surface area is 102 Å². The minimum atomic E-state index is -0.00148. The number of amides is 1. The predicted molar refractivity (Wildman–Crippen MR) is 66.7 cm³/mol.